The van der Waals surface area contributed by atoms with Crippen LogP contribution in [0.5, 0.6) is 0 Å². The van der Waals surface area contributed by atoms with E-state index in [1.807, 2.05) is 19.1 Å². The highest BCUT2D eigenvalue weighted by molar-refractivity contribution is 5.79. The molecule has 0 spiro atoms. The fourth-order valence-corrected chi connectivity index (χ4v) is 2.05. The number of carboxylic acid groups (broad SMARTS) is 1. The molecule has 0 fully saturated rings. The van der Waals surface area contributed by atoms with Crippen LogP contribution in [0.25, 0.3) is 0 Å². The molecule has 0 saturated heterocycles. The summed E-state index contributed by atoms with van der Waals surface area (Å²) in [4.78, 5) is 10.9. The summed E-state index contributed by atoms with van der Waals surface area (Å²) in [6.45, 7) is 5.97. The summed E-state index contributed by atoms with van der Waals surface area (Å²) >= 11 is 0. The van der Waals surface area contributed by atoms with Gasteiger partial charge in [0.15, 0.2) is 0 Å². The van der Waals surface area contributed by atoms with Gasteiger partial charge in [-0.3, -0.25) is 5.32 Å². The first-order chi connectivity index (χ1) is 8.99. The van der Waals surface area contributed by atoms with Crippen molar-refractivity contribution in [2.75, 3.05) is 0 Å². The number of carboxylic acids is 1. The molecule has 112 valence electrons. The molecule has 0 amide bonds. The summed E-state index contributed by atoms with van der Waals surface area (Å²) < 4.78 is 38.6. The first-order valence-corrected chi connectivity index (χ1v) is 6.11. The highest BCUT2D eigenvalue weighted by Crippen LogP contribution is 2.31. The second kappa shape index (κ2) is 5.44. The number of hydrogen-bond donors (Lipinski definition) is 2. The Labute approximate surface area is 115 Å². The third-order valence-corrected chi connectivity index (χ3v) is 3.45. The van der Waals surface area contributed by atoms with Crippen molar-refractivity contribution < 1.29 is 23.1 Å². The van der Waals surface area contributed by atoms with E-state index in [0.717, 1.165) is 16.7 Å². The zero-order valence-corrected chi connectivity index (χ0v) is 11.9. The summed E-state index contributed by atoms with van der Waals surface area (Å²) in [6.07, 6.45) is -4.87. The summed E-state index contributed by atoms with van der Waals surface area (Å²) in [5.41, 5.74) is 0.416. The van der Waals surface area contributed by atoms with Crippen LogP contribution in [0, 0.1) is 20.8 Å². The molecule has 3 nitrogen and oxygen atoms in total. The van der Waals surface area contributed by atoms with E-state index < -0.39 is 17.7 Å². The van der Waals surface area contributed by atoms with E-state index in [0.29, 0.717) is 12.5 Å². The molecule has 20 heavy (non-hydrogen) atoms. The zero-order chi connectivity index (χ0) is 15.7. The molecule has 0 aliphatic carbocycles. The average Bonchev–Trinajstić information content (AvgIpc) is 2.25. The highest BCUT2D eigenvalue weighted by Gasteiger charge is 2.57. The number of nitrogens with one attached hydrogen (secondary N) is 1. The van der Waals surface area contributed by atoms with Crippen LogP contribution in [-0.4, -0.2) is 22.8 Å². The lowest BCUT2D eigenvalue weighted by Crippen LogP contribution is -2.59. The van der Waals surface area contributed by atoms with E-state index in [1.165, 1.54) is 0 Å². The fourth-order valence-electron chi connectivity index (χ4n) is 2.05. The molecule has 0 aliphatic heterocycles. The third kappa shape index (κ3) is 3.12. The molecule has 0 aliphatic rings. The van der Waals surface area contributed by atoms with Crippen molar-refractivity contribution in [3.8, 4) is 0 Å². The maximum atomic E-state index is 12.9. The molecule has 0 saturated carbocycles. The van der Waals surface area contributed by atoms with Crippen LogP contribution >= 0.6 is 0 Å². The largest absolute Gasteiger partial charge is 0.480 e. The highest BCUT2D eigenvalue weighted by atomic mass is 19.4. The molecule has 1 aromatic carbocycles. The molecule has 2 N–H and O–H groups in total. The first-order valence-electron chi connectivity index (χ1n) is 6.11. The molecule has 0 bridgehead atoms. The van der Waals surface area contributed by atoms with E-state index >= 15 is 0 Å². The van der Waals surface area contributed by atoms with Gasteiger partial charge in [-0.1, -0.05) is 17.7 Å². The monoisotopic (exact) mass is 289 g/mol. The number of aliphatic carboxylic acids is 1. The fraction of sp³-hybridized carbons (Fsp3) is 0.500. The minimum Gasteiger partial charge on any atom is -0.480 e. The van der Waals surface area contributed by atoms with Crippen LogP contribution in [0.1, 0.15) is 29.2 Å². The molecular formula is C14H18F3NO2. The Morgan fingerprint density at radius 3 is 2.00 bits per heavy atom. The van der Waals surface area contributed by atoms with Crippen LogP contribution in [0.4, 0.5) is 13.2 Å². The van der Waals surface area contributed by atoms with Crippen LogP contribution in [0.15, 0.2) is 12.1 Å². The van der Waals surface area contributed by atoms with Gasteiger partial charge in [0.1, 0.15) is 0 Å². The third-order valence-electron chi connectivity index (χ3n) is 3.45. The smallest absolute Gasteiger partial charge is 0.417 e. The molecule has 0 heterocycles. The van der Waals surface area contributed by atoms with Crippen LogP contribution < -0.4 is 5.32 Å². The van der Waals surface area contributed by atoms with Gasteiger partial charge < -0.3 is 5.11 Å². The Bertz CT molecular complexity index is 503. The van der Waals surface area contributed by atoms with Crippen molar-refractivity contribution in [1.82, 2.24) is 5.32 Å². The first kappa shape index (κ1) is 16.5. The van der Waals surface area contributed by atoms with E-state index in [2.05, 4.69) is 5.32 Å². The number of carbonyl (C=O) groups is 1. The van der Waals surface area contributed by atoms with Crippen molar-refractivity contribution in [2.24, 2.45) is 0 Å². The molecule has 1 aromatic rings. The summed E-state index contributed by atoms with van der Waals surface area (Å²) in [5, 5.41) is 11.0. The maximum absolute atomic E-state index is 12.9. The number of alkyl halides is 3. The topological polar surface area (TPSA) is 49.3 Å². The van der Waals surface area contributed by atoms with Gasteiger partial charge in [0, 0.05) is 6.54 Å². The van der Waals surface area contributed by atoms with Crippen LogP contribution in [0.2, 0.25) is 0 Å². The van der Waals surface area contributed by atoms with Gasteiger partial charge in [-0.15, -0.1) is 0 Å². The van der Waals surface area contributed by atoms with Crippen molar-refractivity contribution in [3.05, 3.63) is 34.4 Å². The lowest BCUT2D eigenvalue weighted by Gasteiger charge is -2.29. The lowest BCUT2D eigenvalue weighted by atomic mass is 9.97. The van der Waals surface area contributed by atoms with Crippen LogP contribution in [-0.2, 0) is 11.3 Å². The zero-order valence-electron chi connectivity index (χ0n) is 11.9. The quantitative estimate of drug-likeness (QED) is 0.895. The minimum absolute atomic E-state index is 0.153. The molecule has 1 unspecified atom stereocenters. The molecule has 0 radical (unpaired) electrons. The Hall–Kier alpha value is -1.56. The van der Waals surface area contributed by atoms with Crippen molar-refractivity contribution >= 4 is 5.97 Å². The number of aryl methyl sites for hydroxylation is 3. The Kier molecular flexibility index (Phi) is 4.49. The average molecular weight is 289 g/mol. The second-order valence-electron chi connectivity index (χ2n) is 5.16. The van der Waals surface area contributed by atoms with Crippen molar-refractivity contribution in [1.29, 1.82) is 0 Å². The predicted octanol–water partition coefficient (Wildman–Crippen LogP) is 3.11. The number of halogens is 3. The van der Waals surface area contributed by atoms with Gasteiger partial charge >= 0.3 is 12.1 Å². The minimum atomic E-state index is -4.87. The summed E-state index contributed by atoms with van der Waals surface area (Å²) in [7, 11) is 0. The number of benzene rings is 1. The molecule has 1 rings (SSSR count). The summed E-state index contributed by atoms with van der Waals surface area (Å²) in [5.74, 6) is -1.94. The van der Waals surface area contributed by atoms with Crippen molar-refractivity contribution in [2.45, 2.75) is 46.0 Å². The number of hydrogen-bond acceptors (Lipinski definition) is 2. The van der Waals surface area contributed by atoms with Crippen molar-refractivity contribution in [3.63, 3.8) is 0 Å². The Morgan fingerprint density at radius 2 is 1.65 bits per heavy atom. The normalized spacial score (nSPS) is 14.9. The number of rotatable bonds is 4. The predicted molar refractivity (Wildman–Crippen MR) is 69.6 cm³/mol. The molecular weight excluding hydrogens is 271 g/mol. The molecule has 1 atom stereocenters. The second-order valence-corrected chi connectivity index (χ2v) is 5.16. The lowest BCUT2D eigenvalue weighted by molar-refractivity contribution is -0.206. The molecule has 6 heteroatoms. The van der Waals surface area contributed by atoms with Gasteiger partial charge in [-0.05, 0) is 44.4 Å². The van der Waals surface area contributed by atoms with E-state index in [-0.39, 0.29) is 6.54 Å². The van der Waals surface area contributed by atoms with Gasteiger partial charge in [-0.25, -0.2) is 4.79 Å². The van der Waals surface area contributed by atoms with Gasteiger partial charge in [0.2, 0.25) is 5.54 Å². The standard InChI is InChI=1S/C14H18F3NO2/c1-8-5-9(2)11(10(3)6-8)7-18-13(4,12(19)20)14(15,16)17/h5-6,18H,7H2,1-4H3,(H,19,20). The SMILES string of the molecule is Cc1cc(C)c(CNC(C)(C(=O)O)C(F)(F)F)c(C)c1. The Morgan fingerprint density at radius 1 is 1.20 bits per heavy atom. The summed E-state index contributed by atoms with van der Waals surface area (Å²) in [6, 6.07) is 3.71. The molecule has 0 aromatic heterocycles. The van der Waals surface area contributed by atoms with E-state index in [4.69, 9.17) is 5.11 Å². The maximum Gasteiger partial charge on any atom is 0.417 e. The van der Waals surface area contributed by atoms with Gasteiger partial charge in [0.05, 0.1) is 0 Å². The van der Waals surface area contributed by atoms with Crippen LogP contribution in [0.3, 0.4) is 0 Å². The van der Waals surface area contributed by atoms with Gasteiger partial charge in [0.25, 0.3) is 0 Å². The Balaban J connectivity index is 3.04. The van der Waals surface area contributed by atoms with Gasteiger partial charge in [-0.2, -0.15) is 13.2 Å². The van der Waals surface area contributed by atoms with E-state index in [9.17, 15) is 18.0 Å². The van der Waals surface area contributed by atoms with E-state index in [1.54, 1.807) is 13.8 Å².